The average molecular weight is 1520 g/mol. The molecule has 0 aliphatic carbocycles. The zero-order valence-corrected chi connectivity index (χ0v) is 60.0. The number of benzene rings is 9. The number of amides is 4. The summed E-state index contributed by atoms with van der Waals surface area (Å²) in [5.74, 6) is -0.0551. The van der Waals surface area contributed by atoms with E-state index in [1.807, 2.05) is 127 Å². The number of alkyl halides is 1. The number of hydrogen-bond donors (Lipinski definition) is 3. The van der Waals surface area contributed by atoms with Gasteiger partial charge in [0.25, 0.3) is 5.91 Å². The average Bonchev–Trinajstić information content (AvgIpc) is 1.60. The van der Waals surface area contributed by atoms with Crippen LogP contribution in [0.4, 0.5) is 33.2 Å². The molecule has 9 aromatic carbocycles. The molecular formula is C69H65Br2Cl6MgN7O8. The molecule has 0 spiro atoms. The minimum Gasteiger partial charge on any atom is -1.00 e. The first-order chi connectivity index (χ1) is 43.7. The Bertz CT molecular complexity index is 3600. The van der Waals surface area contributed by atoms with Crippen molar-refractivity contribution in [1.29, 1.82) is 0 Å². The smallest absolute Gasteiger partial charge is 1.00 e. The number of β-amino-alcohol motifs (C(OH)–C–C–N with tert-alkyl or cyclic N) is 1. The molecule has 93 heavy (non-hydrogen) atoms. The Hall–Kier alpha value is -6.81. The summed E-state index contributed by atoms with van der Waals surface area (Å²) in [6.07, 6.45) is 2.57. The van der Waals surface area contributed by atoms with Crippen molar-refractivity contribution < 1.29 is 55.7 Å². The number of hydrogen-bond acceptors (Lipinski definition) is 11. The van der Waals surface area contributed by atoms with E-state index in [2.05, 4.69) is 37.1 Å². The van der Waals surface area contributed by atoms with Gasteiger partial charge in [-0.2, -0.15) is 41.4 Å². The zero-order chi connectivity index (χ0) is 66.6. The van der Waals surface area contributed by atoms with Crippen LogP contribution in [0.3, 0.4) is 0 Å². The number of hydroxylamine groups is 4. The van der Waals surface area contributed by atoms with Crippen molar-refractivity contribution in [3.63, 3.8) is 0 Å². The number of isocyanates is 1. The van der Waals surface area contributed by atoms with Gasteiger partial charge in [0.15, 0.2) is 11.5 Å². The summed E-state index contributed by atoms with van der Waals surface area (Å²) in [7, 11) is 6.08. The fourth-order valence-electron chi connectivity index (χ4n) is 7.50. The third-order valence-electron chi connectivity index (χ3n) is 12.4. The number of carbonyl (C=O) groups excluding carboxylic acids is 5. The van der Waals surface area contributed by atoms with Gasteiger partial charge in [-0.25, -0.2) is 19.7 Å². The minimum absolute atomic E-state index is 0. The van der Waals surface area contributed by atoms with Gasteiger partial charge in [-0.3, -0.25) is 33.9 Å². The number of nitrogens with two attached hydrogens (primary N) is 1. The second kappa shape index (κ2) is 45.5. The number of nitrogen functional groups attached to an aromatic ring is 1. The number of aliphatic hydroxyl groups is 1. The number of Topliss-reactive ketones (excluding diaryl/α,β-unsaturated/α-hetero) is 1. The van der Waals surface area contributed by atoms with E-state index in [9.17, 15) is 29.1 Å². The topological polar surface area (TPSA) is 187 Å². The van der Waals surface area contributed by atoms with Gasteiger partial charge in [-0.15, -0.1) is 0 Å². The Morgan fingerprint density at radius 1 is 0.624 bits per heavy atom. The second-order valence-electron chi connectivity index (χ2n) is 18.7. The summed E-state index contributed by atoms with van der Waals surface area (Å²) in [5, 5.41) is 21.2. The number of carbonyl (C=O) groups is 4. The third-order valence-corrected chi connectivity index (χ3v) is 14.4. The molecule has 1 fully saturated rings. The van der Waals surface area contributed by atoms with Gasteiger partial charge in [0.05, 0.1) is 38.3 Å². The van der Waals surface area contributed by atoms with Crippen molar-refractivity contribution in [3.05, 3.63) is 289 Å². The standard InChI is InChI=1S/C21H16Cl2N2O2.C14H12ClNO.C11H14ClNO2.C7H4ClNO.C6H6ClN.C6H5.C4H8BrNO2.BrH.Mg/c22-16-6-10-18(11-7-16)24-14-21(27,15-4-2-1-3-5-15)25(20(24)26)19-12-8-17(23)9-13-19;15-12-6-8-13(9-7-12)16-10-14(17)11-4-2-1-3-5-11;1-13(15-2)11(14)8-5-9-3-6-10(12)7-4-9;8-6-1-3-7(4-2-6)9-5-10;7-5-1-3-6(8)4-2-5;1-2-4-6-5-3-1;1-6(8-2)4(7)3-5;;/h1-13,27H,14H2;1-9,16H,10H2;3-4,6-7H,5,8H2,1-2H3;1-4H;1-4H,8H2;1-5H;3H2,1-2H3;1H;/q;;;;;-1;;;+2/p-1. The van der Waals surface area contributed by atoms with Crippen LogP contribution in [0.5, 0.6) is 0 Å². The van der Waals surface area contributed by atoms with Gasteiger partial charge in [0.1, 0.15) is 0 Å². The first-order valence-corrected chi connectivity index (χ1v) is 30.8. The summed E-state index contributed by atoms with van der Waals surface area (Å²) in [6, 6.07) is 72.8. The van der Waals surface area contributed by atoms with Crippen LogP contribution in [-0.2, 0) is 36.2 Å². The van der Waals surface area contributed by atoms with Gasteiger partial charge in [0.2, 0.25) is 12.0 Å². The molecule has 482 valence electrons. The molecule has 1 unspecified atom stereocenters. The van der Waals surface area contributed by atoms with E-state index in [0.717, 1.165) is 27.0 Å². The van der Waals surface area contributed by atoms with Crippen LogP contribution in [0.25, 0.3) is 0 Å². The number of ketones is 1. The Kier molecular flexibility index (Phi) is 40.3. The van der Waals surface area contributed by atoms with E-state index >= 15 is 0 Å². The number of nitrogens with one attached hydrogen (secondary N) is 1. The summed E-state index contributed by atoms with van der Waals surface area (Å²) >= 11 is 37.6. The molecule has 15 nitrogen and oxygen atoms in total. The maximum absolute atomic E-state index is 13.3. The van der Waals surface area contributed by atoms with Crippen molar-refractivity contribution in [2.75, 3.05) is 67.6 Å². The molecule has 0 bridgehead atoms. The molecule has 0 aromatic heterocycles. The molecule has 1 saturated heterocycles. The van der Waals surface area contributed by atoms with Crippen molar-refractivity contribution in [2.24, 2.45) is 4.99 Å². The molecule has 1 aliphatic heterocycles. The summed E-state index contributed by atoms with van der Waals surface area (Å²) in [4.78, 5) is 72.4. The number of aliphatic imine (C=N–C) groups is 1. The second-order valence-corrected chi connectivity index (χ2v) is 21.9. The molecule has 1 aliphatic rings. The maximum Gasteiger partial charge on any atom is 2.00 e. The zero-order valence-electron chi connectivity index (χ0n) is 50.9. The van der Waals surface area contributed by atoms with E-state index in [1.165, 1.54) is 35.2 Å². The van der Waals surface area contributed by atoms with Crippen LogP contribution in [0, 0.1) is 6.07 Å². The molecule has 0 radical (unpaired) electrons. The quantitative estimate of drug-likeness (QED) is 0.0138. The minimum atomic E-state index is -1.52. The number of halogens is 8. The summed E-state index contributed by atoms with van der Waals surface area (Å²) < 4.78 is 0. The van der Waals surface area contributed by atoms with Crippen LogP contribution >= 0.6 is 85.5 Å². The fraction of sp³-hybridized carbons (Fsp3) is 0.145. The number of anilines is 4. The van der Waals surface area contributed by atoms with Crippen molar-refractivity contribution >= 4 is 167 Å². The van der Waals surface area contributed by atoms with E-state index < -0.39 is 5.72 Å². The molecule has 1 atom stereocenters. The van der Waals surface area contributed by atoms with Crippen LogP contribution < -0.4 is 37.8 Å². The van der Waals surface area contributed by atoms with E-state index in [1.54, 1.807) is 123 Å². The van der Waals surface area contributed by atoms with Crippen LogP contribution in [0.15, 0.2) is 242 Å². The molecule has 10 rings (SSSR count). The number of urea groups is 1. The molecule has 4 N–H and O–H groups in total. The Balaban J connectivity index is 0.000000392. The Labute approximate surface area is 607 Å². The Morgan fingerprint density at radius 2 is 1.04 bits per heavy atom. The fourth-order valence-corrected chi connectivity index (χ4v) is 8.61. The molecular weight excluding hydrogens is 1450 g/mol. The van der Waals surface area contributed by atoms with Crippen LogP contribution in [-0.4, -0.2) is 115 Å². The number of nitrogens with zero attached hydrogens (tertiary/aromatic N) is 5. The normalized spacial score (nSPS) is 12.1. The number of rotatable bonds is 14. The van der Waals surface area contributed by atoms with Crippen molar-refractivity contribution in [1.82, 2.24) is 10.1 Å². The van der Waals surface area contributed by atoms with E-state index in [4.69, 9.17) is 80.2 Å². The van der Waals surface area contributed by atoms with E-state index in [0.29, 0.717) is 71.5 Å². The van der Waals surface area contributed by atoms with Crippen LogP contribution in [0.2, 0.25) is 30.1 Å². The Morgan fingerprint density at radius 3 is 1.46 bits per heavy atom. The largest absolute Gasteiger partial charge is 2.00 e. The van der Waals surface area contributed by atoms with Gasteiger partial charge in [-0.05, 0) is 145 Å². The van der Waals surface area contributed by atoms with Gasteiger partial charge in [0, 0.05) is 84.5 Å². The van der Waals surface area contributed by atoms with E-state index in [-0.39, 0.29) is 76.8 Å². The van der Waals surface area contributed by atoms with Gasteiger partial charge < -0.3 is 33.1 Å². The molecule has 4 amide bonds. The monoisotopic (exact) mass is 1510 g/mol. The predicted octanol–water partition coefficient (Wildman–Crippen LogP) is 14.0. The first kappa shape index (κ1) is 82.3. The van der Waals surface area contributed by atoms with Crippen LogP contribution in [0.1, 0.15) is 27.9 Å². The molecule has 9 aromatic rings. The first-order valence-electron chi connectivity index (χ1n) is 27.4. The third kappa shape index (κ3) is 30.4. The summed E-state index contributed by atoms with van der Waals surface area (Å²) in [6.45, 7) is 0.367. The SMILES string of the molecule is CON(C)C(=O)CBr.CON(C)C(=O)CCc1ccc(Cl)cc1.Nc1ccc(Cl)cc1.O=C(CNc1ccc(Cl)cc1)c1ccccc1.O=C1N(c2ccc(Cl)cc2)CC(O)(c2ccccc2)N1c1ccc(Cl)cc1.O=C=Nc1ccc(Cl)cc1.[Br-].[Mg+2].[c-]1ccccc1. The maximum atomic E-state index is 13.3. The van der Waals surface area contributed by atoms with Gasteiger partial charge in [-0.1, -0.05) is 158 Å². The molecule has 24 heteroatoms. The number of aryl methyl sites for hydroxylation is 1. The predicted molar refractivity (Wildman–Crippen MR) is 378 cm³/mol. The van der Waals surface area contributed by atoms with Gasteiger partial charge >= 0.3 is 29.1 Å². The van der Waals surface area contributed by atoms with Crippen molar-refractivity contribution in [2.45, 2.75) is 18.6 Å². The molecule has 0 saturated carbocycles. The summed E-state index contributed by atoms with van der Waals surface area (Å²) in [5.41, 5.74) is 9.71. The van der Waals surface area contributed by atoms with Crippen molar-refractivity contribution in [3.8, 4) is 0 Å². The molecule has 1 heterocycles.